The largest absolute Gasteiger partial charge is 0.297 e. The van der Waals surface area contributed by atoms with Crippen molar-refractivity contribution < 1.29 is 14.5 Å². The van der Waals surface area contributed by atoms with Crippen molar-refractivity contribution in [3.8, 4) is 0 Å². The summed E-state index contributed by atoms with van der Waals surface area (Å²) in [6.07, 6.45) is 0.549. The van der Waals surface area contributed by atoms with Crippen molar-refractivity contribution in [3.63, 3.8) is 0 Å². The number of aryl methyl sites for hydroxylation is 1. The number of carbonyl (C=O) groups is 2. The highest BCUT2D eigenvalue weighted by molar-refractivity contribution is 6.09. The molecule has 0 saturated heterocycles. The van der Waals surface area contributed by atoms with Gasteiger partial charge in [0.25, 0.3) is 5.69 Å². The Hall–Kier alpha value is -2.44. The quantitative estimate of drug-likeness (QED) is 0.370. The third kappa shape index (κ3) is 3.41. The first-order valence-corrected chi connectivity index (χ1v) is 6.91. The second kappa shape index (κ2) is 5.75. The SMILES string of the molecule is Cc1ccc(N=NC2C(=O)CC(C)(C)CC2=O)cc1[N+](=O)[O-]. The van der Waals surface area contributed by atoms with Gasteiger partial charge in [-0.25, -0.2) is 0 Å². The summed E-state index contributed by atoms with van der Waals surface area (Å²) in [5.41, 5.74) is 0.347. The van der Waals surface area contributed by atoms with Crippen LogP contribution < -0.4 is 0 Å². The van der Waals surface area contributed by atoms with E-state index in [-0.39, 0.29) is 41.2 Å². The third-order valence-corrected chi connectivity index (χ3v) is 3.59. The highest BCUT2D eigenvalue weighted by Crippen LogP contribution is 2.33. The lowest BCUT2D eigenvalue weighted by atomic mass is 9.74. The van der Waals surface area contributed by atoms with Gasteiger partial charge in [0.2, 0.25) is 0 Å². The lowest BCUT2D eigenvalue weighted by molar-refractivity contribution is -0.385. The van der Waals surface area contributed by atoms with E-state index in [1.54, 1.807) is 19.1 Å². The number of hydrogen-bond acceptors (Lipinski definition) is 6. The molecule has 2 rings (SSSR count). The van der Waals surface area contributed by atoms with Crippen LogP contribution in [0.5, 0.6) is 0 Å². The summed E-state index contributed by atoms with van der Waals surface area (Å²) in [7, 11) is 0. The first kappa shape index (κ1) is 15.9. The van der Waals surface area contributed by atoms with Gasteiger partial charge in [-0.2, -0.15) is 10.2 Å². The number of azo groups is 1. The fraction of sp³-hybridized carbons (Fsp3) is 0.467. The topological polar surface area (TPSA) is 102 Å². The van der Waals surface area contributed by atoms with Crippen LogP contribution in [-0.4, -0.2) is 22.5 Å². The molecule has 1 fully saturated rings. The highest BCUT2D eigenvalue weighted by atomic mass is 16.6. The van der Waals surface area contributed by atoms with Crippen molar-refractivity contribution in [1.29, 1.82) is 0 Å². The van der Waals surface area contributed by atoms with Crippen molar-refractivity contribution in [2.75, 3.05) is 0 Å². The predicted molar refractivity (Wildman–Crippen MR) is 79.2 cm³/mol. The number of Topliss-reactive ketones (excluding diaryl/α,β-unsaturated/α-hetero) is 2. The summed E-state index contributed by atoms with van der Waals surface area (Å²) >= 11 is 0. The molecule has 1 aliphatic carbocycles. The molecule has 0 spiro atoms. The Morgan fingerprint density at radius 3 is 2.36 bits per heavy atom. The van der Waals surface area contributed by atoms with Gasteiger partial charge in [0.05, 0.1) is 10.6 Å². The summed E-state index contributed by atoms with van der Waals surface area (Å²) < 4.78 is 0. The van der Waals surface area contributed by atoms with Crippen molar-refractivity contribution in [2.45, 2.75) is 39.7 Å². The zero-order valence-electron chi connectivity index (χ0n) is 12.7. The molecule has 0 radical (unpaired) electrons. The lowest BCUT2D eigenvalue weighted by Gasteiger charge is -2.29. The maximum absolute atomic E-state index is 12.0. The first-order chi connectivity index (χ1) is 10.2. The second-order valence-electron chi connectivity index (χ2n) is 6.30. The number of ketones is 2. The van der Waals surface area contributed by atoms with Crippen molar-refractivity contribution >= 4 is 22.9 Å². The van der Waals surface area contributed by atoms with Crippen LogP contribution in [-0.2, 0) is 9.59 Å². The monoisotopic (exact) mass is 303 g/mol. The average Bonchev–Trinajstić information content (AvgIpc) is 2.37. The molecule has 0 aromatic heterocycles. The third-order valence-electron chi connectivity index (χ3n) is 3.59. The van der Waals surface area contributed by atoms with Gasteiger partial charge in [-0.05, 0) is 18.4 Å². The van der Waals surface area contributed by atoms with E-state index in [2.05, 4.69) is 10.2 Å². The fourth-order valence-electron chi connectivity index (χ4n) is 2.49. The summed E-state index contributed by atoms with van der Waals surface area (Å²) in [5, 5.41) is 18.5. The number of carbonyl (C=O) groups excluding carboxylic acids is 2. The highest BCUT2D eigenvalue weighted by Gasteiger charge is 2.39. The maximum Gasteiger partial charge on any atom is 0.274 e. The molecule has 0 aliphatic heterocycles. The van der Waals surface area contributed by atoms with E-state index in [1.165, 1.54) is 6.07 Å². The Labute approximate surface area is 127 Å². The van der Waals surface area contributed by atoms with E-state index in [4.69, 9.17) is 0 Å². The van der Waals surface area contributed by atoms with Crippen LogP contribution in [0.25, 0.3) is 0 Å². The van der Waals surface area contributed by atoms with E-state index >= 15 is 0 Å². The van der Waals surface area contributed by atoms with Gasteiger partial charge in [-0.3, -0.25) is 19.7 Å². The molecule has 7 heteroatoms. The van der Waals surface area contributed by atoms with Crippen LogP contribution in [0, 0.1) is 22.5 Å². The van der Waals surface area contributed by atoms with Gasteiger partial charge in [0, 0.05) is 24.5 Å². The van der Waals surface area contributed by atoms with Crippen LogP contribution in [0.4, 0.5) is 11.4 Å². The fourth-order valence-corrected chi connectivity index (χ4v) is 2.49. The molecule has 7 nitrogen and oxygen atoms in total. The lowest BCUT2D eigenvalue weighted by Crippen LogP contribution is -2.40. The second-order valence-corrected chi connectivity index (χ2v) is 6.30. The standard InChI is InChI=1S/C15H17N3O4/c1-9-4-5-10(6-11(9)18(21)22)16-17-14-12(19)7-15(2,3)8-13(14)20/h4-6,14H,7-8H2,1-3H3. The molecule has 0 bridgehead atoms. The molecule has 0 N–H and O–H groups in total. The maximum atomic E-state index is 12.0. The molecule has 0 atom stereocenters. The van der Waals surface area contributed by atoms with Gasteiger partial charge in [0.1, 0.15) is 0 Å². The van der Waals surface area contributed by atoms with Crippen LogP contribution in [0.15, 0.2) is 28.4 Å². The molecule has 0 unspecified atom stereocenters. The smallest absolute Gasteiger partial charge is 0.274 e. The minimum Gasteiger partial charge on any atom is -0.297 e. The molecular weight excluding hydrogens is 286 g/mol. The number of rotatable bonds is 3. The molecule has 1 saturated carbocycles. The molecule has 0 amide bonds. The van der Waals surface area contributed by atoms with Crippen LogP contribution >= 0.6 is 0 Å². The average molecular weight is 303 g/mol. The van der Waals surface area contributed by atoms with E-state index in [9.17, 15) is 19.7 Å². The number of nitro groups is 1. The summed E-state index contributed by atoms with van der Waals surface area (Å²) in [4.78, 5) is 34.4. The van der Waals surface area contributed by atoms with Gasteiger partial charge in [-0.15, -0.1) is 0 Å². The molecule has 1 aliphatic rings. The van der Waals surface area contributed by atoms with Gasteiger partial charge in [-0.1, -0.05) is 19.9 Å². The normalized spacial score (nSPS) is 18.9. The molecule has 1 aromatic carbocycles. The predicted octanol–water partition coefficient (Wildman–Crippen LogP) is 3.31. The van der Waals surface area contributed by atoms with Crippen LogP contribution in [0.3, 0.4) is 0 Å². The number of nitro benzene ring substituents is 1. The van der Waals surface area contributed by atoms with Crippen molar-refractivity contribution in [2.24, 2.45) is 15.6 Å². The minimum absolute atomic E-state index is 0.0705. The van der Waals surface area contributed by atoms with Crippen LogP contribution in [0.2, 0.25) is 0 Å². The van der Waals surface area contributed by atoms with E-state index < -0.39 is 11.0 Å². The summed E-state index contributed by atoms with van der Waals surface area (Å²) in [5.74, 6) is -0.516. The van der Waals surface area contributed by atoms with E-state index in [1.807, 2.05) is 13.8 Å². The Morgan fingerprint density at radius 1 is 1.23 bits per heavy atom. The Bertz CT molecular complexity index is 659. The zero-order chi connectivity index (χ0) is 16.5. The molecular formula is C15H17N3O4. The van der Waals surface area contributed by atoms with Gasteiger partial charge >= 0.3 is 0 Å². The first-order valence-electron chi connectivity index (χ1n) is 6.91. The van der Waals surface area contributed by atoms with Crippen LogP contribution in [0.1, 0.15) is 32.3 Å². The van der Waals surface area contributed by atoms with E-state index in [0.29, 0.717) is 5.56 Å². The molecule has 22 heavy (non-hydrogen) atoms. The number of benzene rings is 1. The Morgan fingerprint density at radius 2 is 1.82 bits per heavy atom. The Kier molecular flexibility index (Phi) is 4.16. The van der Waals surface area contributed by atoms with E-state index in [0.717, 1.165) is 0 Å². The van der Waals surface area contributed by atoms with Gasteiger partial charge < -0.3 is 0 Å². The Balaban J connectivity index is 2.22. The molecule has 0 heterocycles. The molecule has 116 valence electrons. The molecule has 1 aromatic rings. The summed E-state index contributed by atoms with van der Waals surface area (Å²) in [6, 6.07) is 3.31. The van der Waals surface area contributed by atoms with Crippen molar-refractivity contribution in [3.05, 3.63) is 33.9 Å². The van der Waals surface area contributed by atoms with Gasteiger partial charge in [0.15, 0.2) is 17.6 Å². The minimum atomic E-state index is -1.09. The van der Waals surface area contributed by atoms with Crippen molar-refractivity contribution in [1.82, 2.24) is 0 Å². The number of hydrogen-bond donors (Lipinski definition) is 0. The number of nitrogens with zero attached hydrogens (tertiary/aromatic N) is 3. The summed E-state index contributed by atoms with van der Waals surface area (Å²) in [6.45, 7) is 5.34. The zero-order valence-corrected chi connectivity index (χ0v) is 12.7.